The minimum atomic E-state index is 0.736. The molecule has 0 fully saturated rings. The van der Waals surface area contributed by atoms with Crippen molar-refractivity contribution in [1.29, 1.82) is 0 Å². The molecule has 0 saturated carbocycles. The summed E-state index contributed by atoms with van der Waals surface area (Å²) in [6, 6.07) is 0. The molecule has 0 aliphatic heterocycles. The zero-order valence-corrected chi connectivity index (χ0v) is 12.3. The summed E-state index contributed by atoms with van der Waals surface area (Å²) in [5.74, 6) is 2.38. The fourth-order valence-corrected chi connectivity index (χ4v) is 2.99. The molecule has 0 unspecified atom stereocenters. The lowest BCUT2D eigenvalue weighted by molar-refractivity contribution is 0.260. The Morgan fingerprint density at radius 2 is 2.06 bits per heavy atom. The van der Waals surface area contributed by atoms with E-state index in [2.05, 4.69) is 51.2 Å². The van der Waals surface area contributed by atoms with Gasteiger partial charge in [0, 0.05) is 0 Å². The van der Waals surface area contributed by atoms with E-state index < -0.39 is 0 Å². The fourth-order valence-electron chi connectivity index (χ4n) is 2.99. The van der Waals surface area contributed by atoms with Crippen LogP contribution in [0.25, 0.3) is 0 Å². The van der Waals surface area contributed by atoms with E-state index in [1.54, 1.807) is 5.57 Å². The molecule has 1 N–H and O–H groups in total. The highest BCUT2D eigenvalue weighted by Crippen LogP contribution is 2.32. The minimum Gasteiger partial charge on any atom is -0.316 e. The first-order valence-electron chi connectivity index (χ1n) is 7.03. The zero-order valence-electron chi connectivity index (χ0n) is 12.3. The van der Waals surface area contributed by atoms with Crippen LogP contribution in [0.15, 0.2) is 11.6 Å². The molecule has 0 radical (unpaired) electrons. The van der Waals surface area contributed by atoms with Crippen molar-refractivity contribution in [3.05, 3.63) is 11.6 Å². The lowest BCUT2D eigenvalue weighted by atomic mass is 9.75. The Morgan fingerprint density at radius 3 is 2.65 bits per heavy atom. The maximum Gasteiger partial charge on any atom is -0.00123 e. The van der Waals surface area contributed by atoms with Crippen molar-refractivity contribution in [2.75, 3.05) is 33.7 Å². The van der Waals surface area contributed by atoms with Gasteiger partial charge in [-0.2, -0.15) is 0 Å². The van der Waals surface area contributed by atoms with Gasteiger partial charge in [-0.1, -0.05) is 25.5 Å². The molecule has 1 rings (SSSR count). The third-order valence-corrected chi connectivity index (χ3v) is 3.94. The van der Waals surface area contributed by atoms with Gasteiger partial charge in [0.25, 0.3) is 0 Å². The second kappa shape index (κ2) is 7.17. The van der Waals surface area contributed by atoms with Gasteiger partial charge in [0.05, 0.1) is 0 Å². The monoisotopic (exact) mass is 238 g/mol. The Labute approximate surface area is 107 Å². The summed E-state index contributed by atoms with van der Waals surface area (Å²) in [4.78, 5) is 2.25. The SMILES string of the molecule is CC1=C[C@@H](C)[C@H](CNCCCN(C)C)[C@H](C)C1. The quantitative estimate of drug-likeness (QED) is 0.565. The highest BCUT2D eigenvalue weighted by Gasteiger charge is 2.25. The normalized spacial score (nSPS) is 29.5. The average Bonchev–Trinajstić information content (AvgIpc) is 2.20. The molecule has 0 aromatic rings. The number of nitrogens with one attached hydrogen (secondary N) is 1. The molecule has 100 valence electrons. The van der Waals surface area contributed by atoms with Crippen LogP contribution in [0.1, 0.15) is 33.6 Å². The van der Waals surface area contributed by atoms with Gasteiger partial charge in [0.1, 0.15) is 0 Å². The molecule has 1 aliphatic rings. The lowest BCUT2D eigenvalue weighted by Crippen LogP contribution is -2.34. The van der Waals surface area contributed by atoms with Crippen LogP contribution in [0, 0.1) is 17.8 Å². The predicted octanol–water partition coefficient (Wildman–Crippen LogP) is 2.77. The molecule has 0 aromatic carbocycles. The van der Waals surface area contributed by atoms with E-state index in [9.17, 15) is 0 Å². The zero-order chi connectivity index (χ0) is 12.8. The first-order chi connectivity index (χ1) is 8.00. The van der Waals surface area contributed by atoms with Crippen LogP contribution in [0.3, 0.4) is 0 Å². The molecule has 0 saturated heterocycles. The standard InChI is InChI=1S/C15H30N2/c1-12-9-13(2)15(14(3)10-12)11-16-7-6-8-17(4)5/h9,13-16H,6-8,10-11H2,1-5H3/t13-,14-,15+/m1/s1. The Hall–Kier alpha value is -0.340. The summed E-state index contributed by atoms with van der Waals surface area (Å²) >= 11 is 0. The maximum atomic E-state index is 3.63. The van der Waals surface area contributed by atoms with Crippen molar-refractivity contribution >= 4 is 0 Å². The van der Waals surface area contributed by atoms with Gasteiger partial charge < -0.3 is 10.2 Å². The molecule has 0 amide bonds. The smallest absolute Gasteiger partial charge is 0.00123 e. The summed E-state index contributed by atoms with van der Waals surface area (Å²) < 4.78 is 0. The summed E-state index contributed by atoms with van der Waals surface area (Å²) in [5.41, 5.74) is 1.58. The van der Waals surface area contributed by atoms with E-state index in [0.717, 1.165) is 24.3 Å². The Balaban J connectivity index is 2.22. The molecule has 2 heteroatoms. The van der Waals surface area contributed by atoms with Gasteiger partial charge in [-0.3, -0.25) is 0 Å². The van der Waals surface area contributed by atoms with Gasteiger partial charge in [-0.25, -0.2) is 0 Å². The fraction of sp³-hybridized carbons (Fsp3) is 0.867. The van der Waals surface area contributed by atoms with Crippen LogP contribution in [-0.2, 0) is 0 Å². The third-order valence-electron chi connectivity index (χ3n) is 3.94. The van der Waals surface area contributed by atoms with Crippen LogP contribution in [0.2, 0.25) is 0 Å². The topological polar surface area (TPSA) is 15.3 Å². The van der Waals surface area contributed by atoms with Crippen LogP contribution in [-0.4, -0.2) is 38.6 Å². The van der Waals surface area contributed by atoms with Crippen molar-refractivity contribution in [3.8, 4) is 0 Å². The predicted molar refractivity (Wildman–Crippen MR) is 76.2 cm³/mol. The summed E-state index contributed by atoms with van der Waals surface area (Å²) in [6.45, 7) is 10.6. The van der Waals surface area contributed by atoms with Crippen molar-refractivity contribution in [2.24, 2.45) is 17.8 Å². The maximum absolute atomic E-state index is 3.63. The number of hydrogen-bond donors (Lipinski definition) is 1. The highest BCUT2D eigenvalue weighted by molar-refractivity contribution is 5.08. The summed E-state index contributed by atoms with van der Waals surface area (Å²) in [6.07, 6.45) is 5.00. The average molecular weight is 238 g/mol. The van der Waals surface area contributed by atoms with Gasteiger partial charge in [-0.15, -0.1) is 0 Å². The second-order valence-electron chi connectivity index (χ2n) is 6.08. The molecule has 0 bridgehead atoms. The number of hydrogen-bond acceptors (Lipinski definition) is 2. The lowest BCUT2D eigenvalue weighted by Gasteiger charge is -2.33. The van der Waals surface area contributed by atoms with Crippen molar-refractivity contribution in [3.63, 3.8) is 0 Å². The highest BCUT2D eigenvalue weighted by atomic mass is 15.1. The van der Waals surface area contributed by atoms with E-state index in [4.69, 9.17) is 0 Å². The largest absolute Gasteiger partial charge is 0.316 e. The number of nitrogens with zero attached hydrogens (tertiary/aromatic N) is 1. The van der Waals surface area contributed by atoms with Crippen molar-refractivity contribution in [1.82, 2.24) is 10.2 Å². The molecule has 0 spiro atoms. The van der Waals surface area contributed by atoms with E-state index in [1.807, 2.05) is 0 Å². The summed E-state index contributed by atoms with van der Waals surface area (Å²) in [7, 11) is 4.28. The van der Waals surface area contributed by atoms with Crippen molar-refractivity contribution in [2.45, 2.75) is 33.6 Å². The molecule has 3 atom stereocenters. The van der Waals surface area contributed by atoms with Crippen LogP contribution < -0.4 is 5.32 Å². The minimum absolute atomic E-state index is 0.736. The van der Waals surface area contributed by atoms with Gasteiger partial charge in [0.2, 0.25) is 0 Å². The molecule has 0 heterocycles. The Kier molecular flexibility index (Phi) is 6.21. The Morgan fingerprint density at radius 1 is 1.35 bits per heavy atom. The van der Waals surface area contributed by atoms with Crippen LogP contribution >= 0.6 is 0 Å². The third kappa shape index (κ3) is 5.22. The number of rotatable bonds is 6. The van der Waals surface area contributed by atoms with E-state index >= 15 is 0 Å². The van der Waals surface area contributed by atoms with Crippen LogP contribution in [0.5, 0.6) is 0 Å². The first kappa shape index (κ1) is 14.7. The first-order valence-corrected chi connectivity index (χ1v) is 7.03. The Bertz CT molecular complexity index is 245. The van der Waals surface area contributed by atoms with E-state index in [0.29, 0.717) is 0 Å². The molecule has 2 nitrogen and oxygen atoms in total. The molecule has 1 aliphatic carbocycles. The van der Waals surface area contributed by atoms with E-state index in [-0.39, 0.29) is 0 Å². The van der Waals surface area contributed by atoms with Crippen molar-refractivity contribution < 1.29 is 0 Å². The molecular weight excluding hydrogens is 208 g/mol. The second-order valence-corrected chi connectivity index (χ2v) is 6.08. The molecule has 0 aromatic heterocycles. The van der Waals surface area contributed by atoms with Gasteiger partial charge in [0.15, 0.2) is 0 Å². The molecule has 17 heavy (non-hydrogen) atoms. The number of allylic oxidation sites excluding steroid dienone is 2. The molecular formula is C15H30N2. The van der Waals surface area contributed by atoms with Crippen LogP contribution in [0.4, 0.5) is 0 Å². The van der Waals surface area contributed by atoms with Gasteiger partial charge in [-0.05, 0) is 71.2 Å². The summed E-state index contributed by atoms with van der Waals surface area (Å²) in [5, 5.41) is 3.63. The van der Waals surface area contributed by atoms with Gasteiger partial charge >= 0.3 is 0 Å². The van der Waals surface area contributed by atoms with E-state index in [1.165, 1.54) is 25.9 Å².